The highest BCUT2D eigenvalue weighted by Gasteiger charge is 2.19. The van der Waals surface area contributed by atoms with Gasteiger partial charge in [0.1, 0.15) is 5.82 Å². The third kappa shape index (κ3) is 6.17. The molecule has 0 aliphatic rings. The number of nitrogens with one attached hydrogen (secondary N) is 1. The lowest BCUT2D eigenvalue weighted by atomic mass is 10.0. The summed E-state index contributed by atoms with van der Waals surface area (Å²) in [6.45, 7) is 0. The molecule has 0 unspecified atom stereocenters. The van der Waals surface area contributed by atoms with Gasteiger partial charge in [-0.3, -0.25) is 4.72 Å². The first-order chi connectivity index (χ1) is 17.6. The second-order valence-electron chi connectivity index (χ2n) is 8.28. The molecule has 0 aromatic heterocycles. The number of rotatable bonds is 8. The van der Waals surface area contributed by atoms with E-state index in [0.717, 1.165) is 5.69 Å². The highest BCUT2D eigenvalue weighted by atomic mass is 32.2. The Labute approximate surface area is 213 Å². The Morgan fingerprint density at radius 2 is 1.35 bits per heavy atom. The maximum absolute atomic E-state index is 13.3. The van der Waals surface area contributed by atoms with Gasteiger partial charge in [-0.15, -0.1) is 0 Å². The van der Waals surface area contributed by atoms with Crippen LogP contribution in [0.4, 0.5) is 27.1 Å². The first kappa shape index (κ1) is 25.5. The van der Waals surface area contributed by atoms with Crippen molar-refractivity contribution in [1.82, 2.24) is 0 Å². The Morgan fingerprint density at radius 1 is 0.811 bits per heavy atom. The fourth-order valence-electron chi connectivity index (χ4n) is 3.47. The van der Waals surface area contributed by atoms with Gasteiger partial charge >= 0.3 is 5.97 Å². The fraction of sp³-hybridized carbons (Fsp3) is 0.0741. The van der Waals surface area contributed by atoms with Gasteiger partial charge < -0.3 is 10.0 Å². The van der Waals surface area contributed by atoms with Crippen molar-refractivity contribution in [2.24, 2.45) is 10.2 Å². The number of carbonyl (C=O) groups is 1. The minimum Gasteiger partial charge on any atom is -0.478 e. The van der Waals surface area contributed by atoms with Crippen molar-refractivity contribution in [2.45, 2.75) is 4.90 Å². The van der Waals surface area contributed by atoms with E-state index in [2.05, 4.69) is 15.0 Å². The molecule has 0 heterocycles. The first-order valence-corrected chi connectivity index (χ1v) is 12.6. The van der Waals surface area contributed by atoms with Gasteiger partial charge in [-0.25, -0.2) is 17.6 Å². The average Bonchev–Trinajstić information content (AvgIpc) is 2.88. The molecular weight excluding hydrogens is 495 g/mol. The summed E-state index contributed by atoms with van der Waals surface area (Å²) in [7, 11) is -0.250. The van der Waals surface area contributed by atoms with Crippen LogP contribution in [0.2, 0.25) is 0 Å². The molecule has 188 valence electrons. The number of azo groups is 1. The zero-order chi connectivity index (χ0) is 26.6. The molecule has 0 spiro atoms. The van der Waals surface area contributed by atoms with E-state index in [9.17, 15) is 22.7 Å². The molecule has 4 aromatic carbocycles. The molecule has 0 bridgehead atoms. The standard InChI is InChI=1S/C27H23FN4O4S/c1-32(2)23-12-8-21(9-13-23)29-30-22-10-14-24(15-11-22)37(35,36)31-26-17-19(5-16-25(26)27(33)34)18-3-6-20(28)7-4-18/h3-17,31H,1-2H3,(H,33,34). The number of nitrogens with zero attached hydrogens (tertiary/aromatic N) is 3. The highest BCUT2D eigenvalue weighted by Crippen LogP contribution is 2.29. The lowest BCUT2D eigenvalue weighted by molar-refractivity contribution is 0.0698. The number of carboxylic acids is 1. The van der Waals surface area contributed by atoms with Crippen LogP contribution >= 0.6 is 0 Å². The van der Waals surface area contributed by atoms with Crippen LogP contribution in [0.25, 0.3) is 11.1 Å². The number of aromatic carboxylic acids is 1. The van der Waals surface area contributed by atoms with E-state index in [1.165, 1.54) is 66.7 Å². The minimum absolute atomic E-state index is 0.0784. The molecule has 8 nitrogen and oxygen atoms in total. The van der Waals surface area contributed by atoms with E-state index in [1.54, 1.807) is 0 Å². The molecule has 0 atom stereocenters. The van der Waals surface area contributed by atoms with Crippen LogP contribution in [0.1, 0.15) is 10.4 Å². The largest absolute Gasteiger partial charge is 0.478 e. The second-order valence-corrected chi connectivity index (χ2v) is 9.97. The van der Waals surface area contributed by atoms with Crippen LogP contribution < -0.4 is 9.62 Å². The summed E-state index contributed by atoms with van der Waals surface area (Å²) in [6.07, 6.45) is 0. The van der Waals surface area contributed by atoms with Gasteiger partial charge in [0.2, 0.25) is 0 Å². The fourth-order valence-corrected chi connectivity index (χ4v) is 4.54. The molecule has 0 saturated carbocycles. The van der Waals surface area contributed by atoms with Crippen molar-refractivity contribution in [3.8, 4) is 11.1 Å². The molecule has 4 aromatic rings. The SMILES string of the molecule is CN(C)c1ccc(N=Nc2ccc(S(=O)(=O)Nc3cc(-c4ccc(F)cc4)ccc3C(=O)O)cc2)cc1. The Hall–Kier alpha value is -4.57. The molecule has 0 fully saturated rings. The molecule has 0 radical (unpaired) electrons. The van der Waals surface area contributed by atoms with Gasteiger partial charge in [0, 0.05) is 19.8 Å². The van der Waals surface area contributed by atoms with Crippen LogP contribution in [0.3, 0.4) is 0 Å². The predicted octanol–water partition coefficient (Wildman–Crippen LogP) is 6.47. The number of hydrogen-bond donors (Lipinski definition) is 2. The van der Waals surface area contributed by atoms with E-state index in [0.29, 0.717) is 22.5 Å². The zero-order valence-corrected chi connectivity index (χ0v) is 20.8. The van der Waals surface area contributed by atoms with Crippen molar-refractivity contribution >= 4 is 38.7 Å². The molecule has 0 amide bonds. The number of anilines is 2. The molecule has 0 saturated heterocycles. The number of halogens is 1. The Kier molecular flexibility index (Phi) is 7.30. The lowest BCUT2D eigenvalue weighted by Gasteiger charge is -2.13. The summed E-state index contributed by atoms with van der Waals surface area (Å²) < 4.78 is 41.7. The van der Waals surface area contributed by atoms with Crippen molar-refractivity contribution < 1.29 is 22.7 Å². The van der Waals surface area contributed by atoms with Gasteiger partial charge in [-0.2, -0.15) is 10.2 Å². The Balaban J connectivity index is 1.56. The van der Waals surface area contributed by atoms with Crippen molar-refractivity contribution in [1.29, 1.82) is 0 Å². The second kappa shape index (κ2) is 10.6. The summed E-state index contributed by atoms with van der Waals surface area (Å²) >= 11 is 0. The monoisotopic (exact) mass is 518 g/mol. The van der Waals surface area contributed by atoms with Crippen molar-refractivity contribution in [3.05, 3.63) is 102 Å². The number of benzene rings is 4. The molecule has 10 heteroatoms. The van der Waals surface area contributed by atoms with Gasteiger partial charge in [0.25, 0.3) is 10.0 Å². The number of carboxylic acid groups (broad SMARTS) is 1. The molecule has 2 N–H and O–H groups in total. The Bertz CT molecular complexity index is 1550. The molecule has 0 aliphatic heterocycles. The number of hydrogen-bond acceptors (Lipinski definition) is 6. The summed E-state index contributed by atoms with van der Waals surface area (Å²) in [5.74, 6) is -1.71. The molecule has 0 aliphatic carbocycles. The summed E-state index contributed by atoms with van der Waals surface area (Å²) in [4.78, 5) is 13.6. The maximum Gasteiger partial charge on any atom is 0.337 e. The van der Waals surface area contributed by atoms with E-state index >= 15 is 0 Å². The molecule has 37 heavy (non-hydrogen) atoms. The van der Waals surface area contributed by atoms with Gasteiger partial charge in [0.05, 0.1) is 27.5 Å². The van der Waals surface area contributed by atoms with Gasteiger partial charge in [-0.05, 0) is 83.9 Å². The van der Waals surface area contributed by atoms with Crippen LogP contribution in [0.15, 0.2) is 106 Å². The van der Waals surface area contributed by atoms with Crippen molar-refractivity contribution in [3.63, 3.8) is 0 Å². The van der Waals surface area contributed by atoms with Crippen LogP contribution in [-0.4, -0.2) is 33.6 Å². The highest BCUT2D eigenvalue weighted by molar-refractivity contribution is 7.92. The predicted molar refractivity (Wildman–Crippen MR) is 141 cm³/mol. The van der Waals surface area contributed by atoms with E-state index < -0.39 is 21.8 Å². The summed E-state index contributed by atoms with van der Waals surface area (Å²) in [6, 6.07) is 23.0. The average molecular weight is 519 g/mol. The van der Waals surface area contributed by atoms with Crippen molar-refractivity contribution in [2.75, 3.05) is 23.7 Å². The smallest absolute Gasteiger partial charge is 0.337 e. The topological polar surface area (TPSA) is 111 Å². The van der Waals surface area contributed by atoms with E-state index in [4.69, 9.17) is 0 Å². The van der Waals surface area contributed by atoms with E-state index in [-0.39, 0.29) is 16.1 Å². The quantitative estimate of drug-likeness (QED) is 0.260. The van der Waals surface area contributed by atoms with Crippen LogP contribution in [-0.2, 0) is 10.0 Å². The van der Waals surface area contributed by atoms with Crippen LogP contribution in [0, 0.1) is 5.82 Å². The molecule has 4 rings (SSSR count). The Morgan fingerprint density at radius 3 is 1.89 bits per heavy atom. The van der Waals surface area contributed by atoms with Gasteiger partial charge in [0.15, 0.2) is 0 Å². The maximum atomic E-state index is 13.3. The summed E-state index contributed by atoms with van der Waals surface area (Å²) in [5, 5.41) is 17.9. The third-order valence-electron chi connectivity index (χ3n) is 5.47. The van der Waals surface area contributed by atoms with Gasteiger partial charge in [-0.1, -0.05) is 18.2 Å². The number of sulfonamides is 1. The first-order valence-electron chi connectivity index (χ1n) is 11.1. The molecular formula is C27H23FN4O4S. The lowest BCUT2D eigenvalue weighted by Crippen LogP contribution is -2.15. The summed E-state index contributed by atoms with van der Waals surface area (Å²) in [5.41, 5.74) is 2.91. The third-order valence-corrected chi connectivity index (χ3v) is 6.85. The normalized spacial score (nSPS) is 11.4. The zero-order valence-electron chi connectivity index (χ0n) is 20.0. The van der Waals surface area contributed by atoms with Crippen LogP contribution in [0.5, 0.6) is 0 Å². The minimum atomic E-state index is -4.12. The van der Waals surface area contributed by atoms with E-state index in [1.807, 2.05) is 43.3 Å².